The van der Waals surface area contributed by atoms with E-state index < -0.39 is 15.8 Å². The molecule has 1 saturated heterocycles. The van der Waals surface area contributed by atoms with Crippen molar-refractivity contribution in [2.24, 2.45) is 5.73 Å². The Morgan fingerprint density at radius 2 is 2.09 bits per heavy atom. The molecular weight excluding hydrogens is 307 g/mol. The molecule has 2 atom stereocenters. The Hall–Kier alpha value is -1.18. The van der Waals surface area contributed by atoms with Crippen molar-refractivity contribution < 1.29 is 17.5 Å². The number of halogens is 1. The molecule has 22 heavy (non-hydrogen) atoms. The predicted octanol–water partition coefficient (Wildman–Crippen LogP) is 2.03. The Labute approximate surface area is 131 Å². The van der Waals surface area contributed by atoms with Crippen LogP contribution in [0.4, 0.5) is 4.39 Å². The zero-order chi connectivity index (χ0) is 16.5. The van der Waals surface area contributed by atoms with Crippen LogP contribution >= 0.6 is 0 Å². The lowest BCUT2D eigenvalue weighted by Crippen LogP contribution is -2.51. The van der Waals surface area contributed by atoms with Gasteiger partial charge in [0, 0.05) is 24.2 Å². The summed E-state index contributed by atoms with van der Waals surface area (Å²) in [5.41, 5.74) is 6.02. The summed E-state index contributed by atoms with van der Waals surface area (Å²) in [7, 11) is -2.43. The summed E-state index contributed by atoms with van der Waals surface area (Å²) < 4.78 is 46.4. The molecule has 2 N–H and O–H groups in total. The molecule has 1 aliphatic heterocycles. The molecule has 1 heterocycles. The summed E-state index contributed by atoms with van der Waals surface area (Å²) in [4.78, 5) is -0.0154. The van der Waals surface area contributed by atoms with Gasteiger partial charge in [0.25, 0.3) is 0 Å². The monoisotopic (exact) mass is 330 g/mol. The lowest BCUT2D eigenvalue weighted by molar-refractivity contribution is 0.227. The molecule has 0 bridgehead atoms. The van der Waals surface area contributed by atoms with Crippen molar-refractivity contribution in [3.05, 3.63) is 23.5 Å². The fraction of sp³-hybridized carbons (Fsp3) is 0.600. The summed E-state index contributed by atoms with van der Waals surface area (Å²) >= 11 is 0. The van der Waals surface area contributed by atoms with Crippen LogP contribution in [-0.2, 0) is 10.0 Å². The minimum absolute atomic E-state index is 0.0154. The second kappa shape index (κ2) is 6.52. The third kappa shape index (κ3) is 2.98. The highest BCUT2D eigenvalue weighted by molar-refractivity contribution is 7.89. The van der Waals surface area contributed by atoms with Crippen LogP contribution in [-0.4, -0.2) is 38.5 Å². The molecule has 2 unspecified atom stereocenters. The van der Waals surface area contributed by atoms with Crippen LogP contribution in [0.3, 0.4) is 0 Å². The van der Waals surface area contributed by atoms with Gasteiger partial charge in [-0.1, -0.05) is 6.42 Å². The van der Waals surface area contributed by atoms with E-state index in [1.54, 1.807) is 6.92 Å². The van der Waals surface area contributed by atoms with Crippen molar-refractivity contribution >= 4 is 10.0 Å². The van der Waals surface area contributed by atoms with Gasteiger partial charge in [0.05, 0.1) is 12.0 Å². The molecule has 124 valence electrons. The molecule has 0 radical (unpaired) electrons. The fourth-order valence-corrected chi connectivity index (χ4v) is 4.95. The van der Waals surface area contributed by atoms with E-state index in [9.17, 15) is 12.8 Å². The van der Waals surface area contributed by atoms with Crippen molar-refractivity contribution in [1.29, 1.82) is 0 Å². The third-order valence-corrected chi connectivity index (χ3v) is 6.28. The first kappa shape index (κ1) is 17.2. The van der Waals surface area contributed by atoms with Gasteiger partial charge in [-0.15, -0.1) is 0 Å². The van der Waals surface area contributed by atoms with Crippen LogP contribution in [0.1, 0.15) is 31.7 Å². The van der Waals surface area contributed by atoms with E-state index in [0.717, 1.165) is 19.3 Å². The number of methoxy groups -OCH3 is 1. The van der Waals surface area contributed by atoms with E-state index >= 15 is 0 Å². The van der Waals surface area contributed by atoms with E-state index in [2.05, 4.69) is 0 Å². The van der Waals surface area contributed by atoms with Gasteiger partial charge < -0.3 is 10.5 Å². The Morgan fingerprint density at radius 1 is 1.41 bits per heavy atom. The van der Waals surface area contributed by atoms with E-state index in [4.69, 9.17) is 10.5 Å². The highest BCUT2D eigenvalue weighted by Crippen LogP contribution is 2.31. The Morgan fingerprint density at radius 3 is 2.68 bits per heavy atom. The first-order valence-corrected chi connectivity index (χ1v) is 8.85. The second-order valence-electron chi connectivity index (χ2n) is 5.74. The first-order chi connectivity index (χ1) is 10.3. The highest BCUT2D eigenvalue weighted by Gasteiger charge is 2.36. The molecule has 0 aliphatic carbocycles. The van der Waals surface area contributed by atoms with Gasteiger partial charge in [-0.2, -0.15) is 4.31 Å². The van der Waals surface area contributed by atoms with Crippen LogP contribution in [0, 0.1) is 12.7 Å². The summed E-state index contributed by atoms with van der Waals surface area (Å²) in [5, 5.41) is 0. The molecule has 1 aliphatic rings. The van der Waals surface area contributed by atoms with E-state index in [-0.39, 0.29) is 28.3 Å². The van der Waals surface area contributed by atoms with Crippen LogP contribution in [0.5, 0.6) is 5.75 Å². The average molecular weight is 330 g/mol. The standard InChI is InChI=1S/C15H23FN2O3S/c1-10-14(8-7-13(21-3)15(10)16)22(19,20)18-9-5-4-6-12(18)11(2)17/h7-8,11-12H,4-6,9,17H2,1-3H3. The fourth-order valence-electron chi connectivity index (χ4n) is 2.96. The maximum absolute atomic E-state index is 14.2. The molecule has 1 fully saturated rings. The smallest absolute Gasteiger partial charge is 0.243 e. The van der Waals surface area contributed by atoms with Crippen molar-refractivity contribution in [3.63, 3.8) is 0 Å². The molecular formula is C15H23FN2O3S. The topological polar surface area (TPSA) is 72.6 Å². The molecule has 0 spiro atoms. The molecule has 5 nitrogen and oxygen atoms in total. The minimum Gasteiger partial charge on any atom is -0.494 e. The lowest BCUT2D eigenvalue weighted by atomic mass is 10.00. The van der Waals surface area contributed by atoms with E-state index in [1.165, 1.54) is 30.5 Å². The summed E-state index contributed by atoms with van der Waals surface area (Å²) in [6, 6.07) is 2.24. The average Bonchev–Trinajstić information content (AvgIpc) is 2.49. The summed E-state index contributed by atoms with van der Waals surface area (Å²) in [6.07, 6.45) is 2.48. The van der Waals surface area contributed by atoms with Gasteiger partial charge >= 0.3 is 0 Å². The third-order valence-electron chi connectivity index (χ3n) is 4.21. The SMILES string of the molecule is COc1ccc(S(=O)(=O)N2CCCCC2C(C)N)c(C)c1F. The Balaban J connectivity index is 2.48. The summed E-state index contributed by atoms with van der Waals surface area (Å²) in [6.45, 7) is 3.68. The molecule has 0 saturated carbocycles. The number of hydrogen-bond acceptors (Lipinski definition) is 4. The van der Waals surface area contributed by atoms with E-state index in [1.807, 2.05) is 0 Å². The number of piperidine rings is 1. The van der Waals surface area contributed by atoms with Crippen molar-refractivity contribution in [2.75, 3.05) is 13.7 Å². The minimum atomic E-state index is -3.78. The van der Waals surface area contributed by atoms with Gasteiger partial charge in [0.15, 0.2) is 11.6 Å². The van der Waals surface area contributed by atoms with Gasteiger partial charge in [-0.05, 0) is 38.8 Å². The maximum Gasteiger partial charge on any atom is 0.243 e. The molecule has 7 heteroatoms. The van der Waals surface area contributed by atoms with Crippen molar-refractivity contribution in [3.8, 4) is 5.75 Å². The Kier molecular flexibility index (Phi) is 5.09. The highest BCUT2D eigenvalue weighted by atomic mass is 32.2. The number of nitrogens with two attached hydrogens (primary N) is 1. The van der Waals surface area contributed by atoms with Crippen LogP contribution in [0.15, 0.2) is 17.0 Å². The largest absolute Gasteiger partial charge is 0.494 e. The van der Waals surface area contributed by atoms with Crippen LogP contribution in [0.25, 0.3) is 0 Å². The van der Waals surface area contributed by atoms with Crippen LogP contribution < -0.4 is 10.5 Å². The summed E-state index contributed by atoms with van der Waals surface area (Å²) in [5.74, 6) is -0.600. The number of rotatable bonds is 4. The van der Waals surface area contributed by atoms with E-state index in [0.29, 0.717) is 6.54 Å². The maximum atomic E-state index is 14.2. The van der Waals surface area contributed by atoms with Gasteiger partial charge in [0.2, 0.25) is 10.0 Å². The van der Waals surface area contributed by atoms with Gasteiger partial charge in [-0.3, -0.25) is 0 Å². The predicted molar refractivity (Wildman–Crippen MR) is 82.9 cm³/mol. The Bertz CT molecular complexity index is 646. The zero-order valence-corrected chi connectivity index (χ0v) is 14.0. The number of ether oxygens (including phenoxy) is 1. The normalized spacial score (nSPS) is 21.6. The first-order valence-electron chi connectivity index (χ1n) is 7.41. The van der Waals surface area contributed by atoms with Gasteiger partial charge in [0.1, 0.15) is 0 Å². The van der Waals surface area contributed by atoms with Gasteiger partial charge in [-0.25, -0.2) is 12.8 Å². The molecule has 1 aromatic rings. The quantitative estimate of drug-likeness (QED) is 0.917. The lowest BCUT2D eigenvalue weighted by Gasteiger charge is -2.37. The second-order valence-corrected chi connectivity index (χ2v) is 7.60. The molecule has 2 rings (SSSR count). The number of sulfonamides is 1. The number of hydrogen-bond donors (Lipinski definition) is 1. The number of nitrogens with zero attached hydrogens (tertiary/aromatic N) is 1. The zero-order valence-electron chi connectivity index (χ0n) is 13.2. The molecule has 0 aromatic heterocycles. The van der Waals surface area contributed by atoms with Crippen molar-refractivity contribution in [1.82, 2.24) is 4.31 Å². The molecule has 0 amide bonds. The van der Waals surface area contributed by atoms with Crippen molar-refractivity contribution in [2.45, 2.75) is 50.1 Å². The molecule has 1 aromatic carbocycles. The van der Waals surface area contributed by atoms with Crippen LogP contribution in [0.2, 0.25) is 0 Å². The number of benzene rings is 1.